The highest BCUT2D eigenvalue weighted by molar-refractivity contribution is 5.74. The van der Waals surface area contributed by atoms with E-state index >= 15 is 0 Å². The first kappa shape index (κ1) is 18.5. The number of carboxylic acid groups (broad SMARTS) is 1. The van der Waals surface area contributed by atoms with Crippen molar-refractivity contribution in [3.63, 3.8) is 0 Å². The van der Waals surface area contributed by atoms with Gasteiger partial charge in [0.05, 0.1) is 0 Å². The molecule has 1 N–H and O–H groups in total. The molecule has 1 amide bonds. The number of amides is 1. The van der Waals surface area contributed by atoms with E-state index in [0.717, 1.165) is 51.6 Å². The fraction of sp³-hybridized carbons (Fsp3) is 0.895. The van der Waals surface area contributed by atoms with Crippen molar-refractivity contribution in [3.8, 4) is 0 Å². The molecule has 1 spiro atoms. The number of hydrogen-bond donors (Lipinski definition) is 1. The lowest BCUT2D eigenvalue weighted by molar-refractivity contribution is -0.149. The quantitative estimate of drug-likeness (QED) is 0.845. The predicted molar refractivity (Wildman–Crippen MR) is 94.4 cm³/mol. The SMILES string of the molecule is CC(C)(C)OC(=O)N1CC2(CCCN([C@H](C(=O)O)C3CCCC3)C2)C1. The zero-order valence-electron chi connectivity index (χ0n) is 15.8. The smallest absolute Gasteiger partial charge is 0.410 e. The maximum absolute atomic E-state index is 12.2. The molecule has 0 aromatic carbocycles. The summed E-state index contributed by atoms with van der Waals surface area (Å²) < 4.78 is 5.45. The third kappa shape index (κ3) is 4.10. The summed E-state index contributed by atoms with van der Waals surface area (Å²) in [5, 5.41) is 9.79. The van der Waals surface area contributed by atoms with Gasteiger partial charge >= 0.3 is 12.1 Å². The molecule has 6 nitrogen and oxygen atoms in total. The fourth-order valence-electron chi connectivity index (χ4n) is 4.89. The first-order valence-electron chi connectivity index (χ1n) is 9.64. The van der Waals surface area contributed by atoms with Gasteiger partial charge in [0.25, 0.3) is 0 Å². The minimum absolute atomic E-state index is 0.0570. The zero-order chi connectivity index (χ0) is 18.2. The summed E-state index contributed by atoms with van der Waals surface area (Å²) in [6, 6.07) is -0.352. The molecule has 2 saturated heterocycles. The second-order valence-corrected chi connectivity index (χ2v) is 9.24. The van der Waals surface area contributed by atoms with E-state index < -0.39 is 11.6 Å². The van der Waals surface area contributed by atoms with Gasteiger partial charge in [-0.2, -0.15) is 0 Å². The Morgan fingerprint density at radius 3 is 2.32 bits per heavy atom. The Morgan fingerprint density at radius 2 is 1.76 bits per heavy atom. The molecule has 1 aliphatic carbocycles. The lowest BCUT2D eigenvalue weighted by Gasteiger charge is -2.55. The van der Waals surface area contributed by atoms with Gasteiger partial charge in [-0.05, 0) is 58.9 Å². The van der Waals surface area contributed by atoms with Gasteiger partial charge in [-0.15, -0.1) is 0 Å². The Hall–Kier alpha value is -1.30. The molecular formula is C19H32N2O4. The first-order valence-corrected chi connectivity index (χ1v) is 9.64. The monoisotopic (exact) mass is 352 g/mol. The molecule has 1 saturated carbocycles. The third-order valence-electron chi connectivity index (χ3n) is 5.89. The molecule has 6 heteroatoms. The third-order valence-corrected chi connectivity index (χ3v) is 5.89. The highest BCUT2D eigenvalue weighted by atomic mass is 16.6. The van der Waals surface area contributed by atoms with E-state index in [1.54, 1.807) is 4.90 Å². The second kappa shape index (κ2) is 6.78. The molecular weight excluding hydrogens is 320 g/mol. The molecule has 2 aliphatic heterocycles. The lowest BCUT2D eigenvalue weighted by Crippen LogP contribution is -2.66. The van der Waals surface area contributed by atoms with Crippen LogP contribution in [0.25, 0.3) is 0 Å². The summed E-state index contributed by atoms with van der Waals surface area (Å²) >= 11 is 0. The molecule has 142 valence electrons. The van der Waals surface area contributed by atoms with E-state index in [9.17, 15) is 14.7 Å². The van der Waals surface area contributed by atoms with Gasteiger partial charge in [-0.1, -0.05) is 12.8 Å². The number of aliphatic carboxylic acids is 1. The highest BCUT2D eigenvalue weighted by Gasteiger charge is 2.50. The van der Waals surface area contributed by atoms with Crippen LogP contribution in [0.15, 0.2) is 0 Å². The van der Waals surface area contributed by atoms with Gasteiger partial charge in [0.15, 0.2) is 0 Å². The average Bonchev–Trinajstić information content (AvgIpc) is 2.96. The van der Waals surface area contributed by atoms with Crippen LogP contribution < -0.4 is 0 Å². The summed E-state index contributed by atoms with van der Waals surface area (Å²) in [7, 11) is 0. The van der Waals surface area contributed by atoms with Gasteiger partial charge in [0, 0.05) is 25.0 Å². The minimum atomic E-state index is -0.674. The molecule has 0 aromatic rings. The van der Waals surface area contributed by atoms with E-state index in [1.165, 1.54) is 0 Å². The molecule has 0 radical (unpaired) electrons. The van der Waals surface area contributed by atoms with Crippen LogP contribution in [0.3, 0.4) is 0 Å². The van der Waals surface area contributed by atoms with Crippen LogP contribution >= 0.6 is 0 Å². The summed E-state index contributed by atoms with van der Waals surface area (Å²) in [4.78, 5) is 28.1. The zero-order valence-corrected chi connectivity index (χ0v) is 15.8. The summed E-state index contributed by atoms with van der Waals surface area (Å²) in [6.07, 6.45) is 6.20. The normalized spacial score (nSPS) is 25.6. The Bertz CT molecular complexity index is 516. The van der Waals surface area contributed by atoms with Gasteiger partial charge in [0.1, 0.15) is 11.6 Å². The van der Waals surface area contributed by atoms with Crippen molar-refractivity contribution < 1.29 is 19.4 Å². The van der Waals surface area contributed by atoms with Crippen molar-refractivity contribution in [1.82, 2.24) is 9.80 Å². The van der Waals surface area contributed by atoms with Gasteiger partial charge in [0.2, 0.25) is 0 Å². The van der Waals surface area contributed by atoms with Crippen LogP contribution in [-0.4, -0.2) is 64.8 Å². The molecule has 3 fully saturated rings. The van der Waals surface area contributed by atoms with Gasteiger partial charge in [-0.25, -0.2) is 4.79 Å². The number of nitrogens with zero attached hydrogens (tertiary/aromatic N) is 2. The molecule has 25 heavy (non-hydrogen) atoms. The van der Waals surface area contributed by atoms with Gasteiger partial charge in [-0.3, -0.25) is 9.69 Å². The van der Waals surface area contributed by atoms with E-state index in [-0.39, 0.29) is 23.5 Å². The van der Waals surface area contributed by atoms with Crippen molar-refractivity contribution >= 4 is 12.1 Å². The molecule has 1 atom stereocenters. The fourth-order valence-corrected chi connectivity index (χ4v) is 4.89. The molecule has 3 rings (SSSR count). The van der Waals surface area contributed by atoms with Crippen LogP contribution in [-0.2, 0) is 9.53 Å². The number of carboxylic acids is 1. The number of ether oxygens (including phenoxy) is 1. The summed E-state index contributed by atoms with van der Waals surface area (Å²) in [5.74, 6) is -0.387. The van der Waals surface area contributed by atoms with Crippen molar-refractivity contribution in [2.75, 3.05) is 26.2 Å². The first-order chi connectivity index (χ1) is 11.7. The topological polar surface area (TPSA) is 70.1 Å². The number of carbonyl (C=O) groups excluding carboxylic acids is 1. The van der Waals surface area contributed by atoms with Gasteiger partial charge < -0.3 is 14.7 Å². The van der Waals surface area contributed by atoms with Crippen molar-refractivity contribution in [3.05, 3.63) is 0 Å². The van der Waals surface area contributed by atoms with Crippen molar-refractivity contribution in [2.45, 2.75) is 70.9 Å². The van der Waals surface area contributed by atoms with Crippen molar-refractivity contribution in [2.24, 2.45) is 11.3 Å². The average molecular weight is 352 g/mol. The molecule has 2 heterocycles. The minimum Gasteiger partial charge on any atom is -0.480 e. The highest BCUT2D eigenvalue weighted by Crippen LogP contribution is 2.42. The van der Waals surface area contributed by atoms with E-state index in [1.807, 2.05) is 20.8 Å². The summed E-state index contributed by atoms with van der Waals surface area (Å²) in [6.45, 7) is 8.66. The van der Waals surface area contributed by atoms with E-state index in [0.29, 0.717) is 13.1 Å². The number of piperidine rings is 1. The number of hydrogen-bond acceptors (Lipinski definition) is 4. The lowest BCUT2D eigenvalue weighted by atomic mass is 9.72. The maximum atomic E-state index is 12.2. The van der Waals surface area contributed by atoms with Crippen LogP contribution in [0, 0.1) is 11.3 Å². The molecule has 0 unspecified atom stereocenters. The molecule has 0 aromatic heterocycles. The van der Waals surface area contributed by atoms with Crippen LogP contribution in [0.2, 0.25) is 0 Å². The maximum Gasteiger partial charge on any atom is 0.410 e. The van der Waals surface area contributed by atoms with E-state index in [2.05, 4.69) is 4.90 Å². The largest absolute Gasteiger partial charge is 0.480 e. The van der Waals surface area contributed by atoms with Crippen LogP contribution in [0.4, 0.5) is 4.79 Å². The Morgan fingerprint density at radius 1 is 1.12 bits per heavy atom. The van der Waals surface area contributed by atoms with Crippen LogP contribution in [0.1, 0.15) is 59.3 Å². The molecule has 0 bridgehead atoms. The second-order valence-electron chi connectivity index (χ2n) is 9.24. The predicted octanol–water partition coefficient (Wildman–Crippen LogP) is 2.96. The summed E-state index contributed by atoms with van der Waals surface area (Å²) in [5.41, 5.74) is -0.420. The Balaban J connectivity index is 1.60. The number of rotatable bonds is 3. The van der Waals surface area contributed by atoms with Crippen LogP contribution in [0.5, 0.6) is 0 Å². The standard InChI is InChI=1S/C19H32N2O4/c1-18(2,3)25-17(24)21-12-19(13-21)9-6-10-20(11-19)15(16(22)23)14-7-4-5-8-14/h14-15H,4-13H2,1-3H3,(H,22,23)/t15-/m0/s1. The Labute approximate surface area is 150 Å². The Kier molecular flexibility index (Phi) is 5.02. The molecule has 3 aliphatic rings. The van der Waals surface area contributed by atoms with Crippen molar-refractivity contribution in [1.29, 1.82) is 0 Å². The number of carbonyl (C=O) groups is 2. The number of likely N-dealkylation sites (tertiary alicyclic amines) is 2. The van der Waals surface area contributed by atoms with E-state index in [4.69, 9.17) is 4.74 Å².